The maximum absolute atomic E-state index is 13.7. The molecule has 0 spiro atoms. The molecule has 0 aliphatic rings. The smallest absolute Gasteiger partial charge is 0.244 e. The fourth-order valence-corrected chi connectivity index (χ4v) is 3.03. The van der Waals surface area contributed by atoms with Crippen molar-refractivity contribution in [2.75, 3.05) is 18.4 Å². The molecule has 0 saturated carbocycles. The Bertz CT molecular complexity index is 794. The zero-order chi connectivity index (χ0) is 19.3. The highest BCUT2D eigenvalue weighted by Gasteiger charge is 2.16. The quantitative estimate of drug-likeness (QED) is 0.856. The number of nitrogens with one attached hydrogen (secondary N) is 1. The summed E-state index contributed by atoms with van der Waals surface area (Å²) in [6.07, 6.45) is 0.363. The summed E-state index contributed by atoms with van der Waals surface area (Å²) < 4.78 is 13.7. The van der Waals surface area contributed by atoms with Gasteiger partial charge in [0, 0.05) is 19.2 Å². The van der Waals surface area contributed by atoms with E-state index in [0.29, 0.717) is 12.0 Å². The molecular formula is C21H25FN2O2. The third-order valence-corrected chi connectivity index (χ3v) is 4.33. The lowest BCUT2D eigenvalue weighted by atomic mass is 10.1. The van der Waals surface area contributed by atoms with E-state index in [1.807, 2.05) is 32.9 Å². The van der Waals surface area contributed by atoms with Crippen LogP contribution in [0.15, 0.2) is 36.4 Å². The van der Waals surface area contributed by atoms with E-state index < -0.39 is 0 Å². The Kier molecular flexibility index (Phi) is 6.50. The van der Waals surface area contributed by atoms with Gasteiger partial charge in [-0.25, -0.2) is 4.39 Å². The van der Waals surface area contributed by atoms with Crippen LogP contribution in [-0.4, -0.2) is 29.8 Å². The molecule has 26 heavy (non-hydrogen) atoms. The lowest BCUT2D eigenvalue weighted by molar-refractivity contribution is -0.132. The van der Waals surface area contributed by atoms with Crippen molar-refractivity contribution in [2.24, 2.45) is 0 Å². The molecule has 0 saturated heterocycles. The zero-order valence-corrected chi connectivity index (χ0v) is 15.7. The van der Waals surface area contributed by atoms with E-state index in [-0.39, 0.29) is 30.7 Å². The maximum Gasteiger partial charge on any atom is 0.244 e. The zero-order valence-electron chi connectivity index (χ0n) is 15.7. The number of halogens is 1. The maximum atomic E-state index is 13.7. The van der Waals surface area contributed by atoms with Crippen molar-refractivity contribution < 1.29 is 14.0 Å². The Balaban J connectivity index is 2.02. The second-order valence-corrected chi connectivity index (χ2v) is 6.60. The lowest BCUT2D eigenvalue weighted by Crippen LogP contribution is -2.38. The van der Waals surface area contributed by atoms with Gasteiger partial charge in [-0.05, 0) is 49.9 Å². The van der Waals surface area contributed by atoms with Crippen molar-refractivity contribution >= 4 is 17.5 Å². The first-order valence-electron chi connectivity index (χ1n) is 8.64. The standard InChI is InChI=1S/C21H25FN2O2/c1-14-11-15(2)21(16(3)12-14)23-20(26)13-24(17(4)25)10-9-18-7-5-6-8-19(18)22/h5-8,11-12H,9-10,13H2,1-4H3,(H,23,26). The van der Waals surface area contributed by atoms with Gasteiger partial charge in [0.1, 0.15) is 5.82 Å². The largest absolute Gasteiger partial charge is 0.333 e. The van der Waals surface area contributed by atoms with E-state index in [1.54, 1.807) is 18.2 Å². The SMILES string of the molecule is CC(=O)N(CCc1ccccc1F)CC(=O)Nc1c(C)cc(C)cc1C. The summed E-state index contributed by atoms with van der Waals surface area (Å²) in [6, 6.07) is 10.5. The van der Waals surface area contributed by atoms with Gasteiger partial charge >= 0.3 is 0 Å². The van der Waals surface area contributed by atoms with Gasteiger partial charge in [0.2, 0.25) is 11.8 Å². The van der Waals surface area contributed by atoms with Crippen LogP contribution in [0.25, 0.3) is 0 Å². The van der Waals surface area contributed by atoms with Gasteiger partial charge in [-0.15, -0.1) is 0 Å². The van der Waals surface area contributed by atoms with E-state index in [0.717, 1.165) is 22.4 Å². The molecule has 0 aliphatic heterocycles. The highest BCUT2D eigenvalue weighted by molar-refractivity contribution is 5.95. The molecule has 0 atom stereocenters. The van der Waals surface area contributed by atoms with Crippen molar-refractivity contribution in [3.05, 3.63) is 64.5 Å². The summed E-state index contributed by atoms with van der Waals surface area (Å²) in [5.74, 6) is -0.774. The van der Waals surface area contributed by atoms with Gasteiger partial charge < -0.3 is 10.2 Å². The minimum atomic E-state index is -0.300. The molecule has 0 radical (unpaired) electrons. The molecule has 0 heterocycles. The highest BCUT2D eigenvalue weighted by Crippen LogP contribution is 2.21. The molecule has 4 nitrogen and oxygen atoms in total. The van der Waals surface area contributed by atoms with E-state index in [9.17, 15) is 14.0 Å². The highest BCUT2D eigenvalue weighted by atomic mass is 19.1. The Morgan fingerprint density at radius 3 is 2.27 bits per heavy atom. The Morgan fingerprint density at radius 2 is 1.69 bits per heavy atom. The Hall–Kier alpha value is -2.69. The second kappa shape index (κ2) is 8.61. The van der Waals surface area contributed by atoms with Crippen LogP contribution in [0, 0.1) is 26.6 Å². The number of benzene rings is 2. The fraction of sp³-hybridized carbons (Fsp3) is 0.333. The van der Waals surface area contributed by atoms with Crippen LogP contribution in [-0.2, 0) is 16.0 Å². The molecule has 2 amide bonds. The van der Waals surface area contributed by atoms with Crippen LogP contribution in [0.3, 0.4) is 0 Å². The minimum Gasteiger partial charge on any atom is -0.333 e. The van der Waals surface area contributed by atoms with Crippen LogP contribution in [0.1, 0.15) is 29.2 Å². The van der Waals surface area contributed by atoms with Crippen molar-refractivity contribution in [3.8, 4) is 0 Å². The summed E-state index contributed by atoms with van der Waals surface area (Å²) in [5, 5.41) is 2.89. The summed E-state index contributed by atoms with van der Waals surface area (Å²) in [6.45, 7) is 7.53. The number of carbonyl (C=O) groups is 2. The third-order valence-electron chi connectivity index (χ3n) is 4.33. The molecule has 2 aromatic rings. The molecule has 0 aliphatic carbocycles. The number of rotatable bonds is 6. The van der Waals surface area contributed by atoms with Crippen molar-refractivity contribution in [1.29, 1.82) is 0 Å². The van der Waals surface area contributed by atoms with Gasteiger partial charge in [0.25, 0.3) is 0 Å². The van der Waals surface area contributed by atoms with Gasteiger partial charge in [0.05, 0.1) is 6.54 Å². The van der Waals surface area contributed by atoms with Crippen LogP contribution in [0.5, 0.6) is 0 Å². The molecular weight excluding hydrogens is 331 g/mol. The molecule has 1 N–H and O–H groups in total. The number of carbonyl (C=O) groups excluding carboxylic acids is 2. The first kappa shape index (κ1) is 19.6. The summed E-state index contributed by atoms with van der Waals surface area (Å²) in [7, 11) is 0. The van der Waals surface area contributed by atoms with Crippen LogP contribution in [0.4, 0.5) is 10.1 Å². The monoisotopic (exact) mass is 356 g/mol. The molecule has 0 unspecified atom stereocenters. The van der Waals surface area contributed by atoms with Crippen molar-refractivity contribution in [2.45, 2.75) is 34.1 Å². The van der Waals surface area contributed by atoms with Crippen LogP contribution < -0.4 is 5.32 Å². The number of anilines is 1. The molecule has 2 rings (SSSR count). The number of nitrogens with zero attached hydrogens (tertiary/aromatic N) is 1. The molecule has 2 aromatic carbocycles. The second-order valence-electron chi connectivity index (χ2n) is 6.60. The van der Waals surface area contributed by atoms with Crippen molar-refractivity contribution in [3.63, 3.8) is 0 Å². The first-order chi connectivity index (χ1) is 12.3. The van der Waals surface area contributed by atoms with E-state index in [2.05, 4.69) is 5.32 Å². The first-order valence-corrected chi connectivity index (χ1v) is 8.64. The minimum absolute atomic E-state index is 0.0590. The van der Waals surface area contributed by atoms with Gasteiger partial charge in [-0.3, -0.25) is 9.59 Å². The Morgan fingerprint density at radius 1 is 1.08 bits per heavy atom. The lowest BCUT2D eigenvalue weighted by Gasteiger charge is -2.21. The number of hydrogen-bond donors (Lipinski definition) is 1. The molecule has 0 fully saturated rings. The molecule has 138 valence electrons. The molecule has 5 heteroatoms. The van der Waals surface area contributed by atoms with Crippen molar-refractivity contribution in [1.82, 2.24) is 4.90 Å². The van der Waals surface area contributed by atoms with E-state index in [1.165, 1.54) is 17.9 Å². The summed E-state index contributed by atoms with van der Waals surface area (Å²) >= 11 is 0. The predicted octanol–water partition coefficient (Wildman–Crippen LogP) is 3.78. The fourth-order valence-electron chi connectivity index (χ4n) is 3.03. The summed E-state index contributed by atoms with van der Waals surface area (Å²) in [4.78, 5) is 25.7. The number of aryl methyl sites for hydroxylation is 3. The molecule has 0 aromatic heterocycles. The van der Waals surface area contributed by atoms with Gasteiger partial charge in [-0.1, -0.05) is 35.9 Å². The van der Waals surface area contributed by atoms with Gasteiger partial charge in [0.15, 0.2) is 0 Å². The number of amides is 2. The van der Waals surface area contributed by atoms with E-state index >= 15 is 0 Å². The number of hydrogen-bond acceptors (Lipinski definition) is 2. The average molecular weight is 356 g/mol. The molecule has 0 bridgehead atoms. The third kappa shape index (κ3) is 5.15. The van der Waals surface area contributed by atoms with Crippen LogP contribution in [0.2, 0.25) is 0 Å². The predicted molar refractivity (Wildman–Crippen MR) is 102 cm³/mol. The topological polar surface area (TPSA) is 49.4 Å². The van der Waals surface area contributed by atoms with E-state index in [4.69, 9.17) is 0 Å². The average Bonchev–Trinajstić information content (AvgIpc) is 2.55. The van der Waals surface area contributed by atoms with Gasteiger partial charge in [-0.2, -0.15) is 0 Å². The summed E-state index contributed by atoms with van der Waals surface area (Å²) in [5.41, 5.74) is 4.41. The Labute approximate surface area is 154 Å². The normalized spacial score (nSPS) is 10.5. The van der Waals surface area contributed by atoms with Crippen LogP contribution >= 0.6 is 0 Å².